The van der Waals surface area contributed by atoms with Crippen molar-refractivity contribution in [2.45, 2.75) is 37.8 Å². The number of hydrogen-bond acceptors (Lipinski definition) is 6. The van der Waals surface area contributed by atoms with Crippen molar-refractivity contribution in [3.63, 3.8) is 0 Å². The number of aryl methyl sites for hydroxylation is 1. The molecule has 3 N–H and O–H groups in total. The number of β-amino-alcohol motifs (C(OH)–C–C–N with tert-alkyl or cyclic N) is 1. The molecule has 2 aromatic carbocycles. The smallest absolute Gasteiger partial charge is 0.414 e. The van der Waals surface area contributed by atoms with Crippen molar-refractivity contribution < 1.29 is 34.0 Å². The zero-order valence-electron chi connectivity index (χ0n) is 19.2. The molecule has 2 aromatic rings. The molecule has 2 aliphatic heterocycles. The number of anilines is 1. The first kappa shape index (κ1) is 25.5. The second kappa shape index (κ2) is 11.8. The van der Waals surface area contributed by atoms with Crippen molar-refractivity contribution in [1.82, 2.24) is 4.90 Å². The number of rotatable bonds is 5. The molecule has 34 heavy (non-hydrogen) atoms. The molecule has 1 atom stereocenters. The van der Waals surface area contributed by atoms with Crippen molar-refractivity contribution in [2.24, 2.45) is 0 Å². The van der Waals surface area contributed by atoms with E-state index in [0.717, 1.165) is 50.2 Å². The van der Waals surface area contributed by atoms with Crippen LogP contribution in [0.25, 0.3) is 0 Å². The van der Waals surface area contributed by atoms with Gasteiger partial charge in [0.2, 0.25) is 0 Å². The van der Waals surface area contributed by atoms with Crippen molar-refractivity contribution in [3.05, 3.63) is 59.4 Å². The third-order valence-corrected chi connectivity index (χ3v) is 6.31. The van der Waals surface area contributed by atoms with E-state index in [-0.39, 0.29) is 5.82 Å². The minimum absolute atomic E-state index is 0.268. The summed E-state index contributed by atoms with van der Waals surface area (Å²) in [6, 6.07) is 13.1. The van der Waals surface area contributed by atoms with E-state index in [4.69, 9.17) is 24.5 Å². The normalized spacial score (nSPS) is 17.2. The zero-order valence-corrected chi connectivity index (χ0v) is 19.2. The van der Waals surface area contributed by atoms with E-state index in [1.54, 1.807) is 19.2 Å². The molecule has 2 heterocycles. The van der Waals surface area contributed by atoms with Crippen LogP contribution in [0.2, 0.25) is 0 Å². The molecule has 0 aliphatic carbocycles. The molecule has 1 fully saturated rings. The minimum atomic E-state index is -1.82. The fraction of sp³-hybridized carbons (Fsp3) is 0.440. The van der Waals surface area contributed by atoms with Gasteiger partial charge in [0, 0.05) is 44.0 Å². The summed E-state index contributed by atoms with van der Waals surface area (Å²) in [4.78, 5) is 23.1. The molecule has 2 aliphatic rings. The van der Waals surface area contributed by atoms with Crippen molar-refractivity contribution >= 4 is 17.6 Å². The number of likely N-dealkylation sites (tertiary alicyclic amines) is 1. The summed E-state index contributed by atoms with van der Waals surface area (Å²) in [6.45, 7) is 3.64. The van der Waals surface area contributed by atoms with Crippen LogP contribution in [0.1, 0.15) is 36.5 Å². The number of nitrogens with zero attached hydrogens (tertiary/aromatic N) is 2. The molecule has 1 saturated heterocycles. The van der Waals surface area contributed by atoms with Crippen molar-refractivity contribution in [3.8, 4) is 5.75 Å². The summed E-state index contributed by atoms with van der Waals surface area (Å²) in [5, 5.41) is 25.3. The van der Waals surface area contributed by atoms with Gasteiger partial charge in [-0.3, -0.25) is 0 Å². The molecule has 184 valence electrons. The van der Waals surface area contributed by atoms with Gasteiger partial charge in [0.15, 0.2) is 0 Å². The number of ether oxygens (including phenoxy) is 1. The number of fused-ring (bicyclic) bond motifs is 1. The number of benzene rings is 2. The predicted molar refractivity (Wildman–Crippen MR) is 125 cm³/mol. The summed E-state index contributed by atoms with van der Waals surface area (Å²) in [5.41, 5.74) is 3.53. The summed E-state index contributed by atoms with van der Waals surface area (Å²) in [7, 11) is 1.72. The number of aliphatic hydroxyl groups excluding tert-OH is 1. The van der Waals surface area contributed by atoms with Crippen molar-refractivity contribution in [2.75, 3.05) is 38.2 Å². The van der Waals surface area contributed by atoms with Gasteiger partial charge in [-0.1, -0.05) is 18.2 Å². The van der Waals surface area contributed by atoms with Crippen LogP contribution in [0, 0.1) is 5.82 Å². The Labute approximate surface area is 198 Å². The number of carbonyl (C=O) groups is 2. The van der Waals surface area contributed by atoms with E-state index in [1.807, 2.05) is 0 Å². The molecule has 0 amide bonds. The van der Waals surface area contributed by atoms with Gasteiger partial charge < -0.3 is 29.9 Å². The lowest BCUT2D eigenvalue weighted by Crippen LogP contribution is -2.47. The SMILES string of the molecule is COc1ccc2c(c1)N(C1CCN(CC(O)c3ccc(F)cc3)CC1)CCC2.O=C(O)C(=O)O. The van der Waals surface area contributed by atoms with Crippen LogP contribution in [0.15, 0.2) is 42.5 Å². The van der Waals surface area contributed by atoms with E-state index < -0.39 is 18.0 Å². The second-order valence-electron chi connectivity index (χ2n) is 8.50. The Balaban J connectivity index is 0.000000481. The van der Waals surface area contributed by atoms with Crippen LogP contribution in [0.5, 0.6) is 5.75 Å². The molecular formula is C25H31FN2O6. The fourth-order valence-electron chi connectivity index (χ4n) is 4.54. The van der Waals surface area contributed by atoms with Gasteiger partial charge in [-0.2, -0.15) is 0 Å². The molecule has 9 heteroatoms. The number of piperidine rings is 1. The topological polar surface area (TPSA) is 111 Å². The quantitative estimate of drug-likeness (QED) is 0.568. The summed E-state index contributed by atoms with van der Waals surface area (Å²) >= 11 is 0. The van der Waals surface area contributed by atoms with Crippen LogP contribution in [0.3, 0.4) is 0 Å². The van der Waals surface area contributed by atoms with E-state index in [0.29, 0.717) is 12.6 Å². The van der Waals surface area contributed by atoms with Crippen LogP contribution in [-0.2, 0) is 16.0 Å². The van der Waals surface area contributed by atoms with Gasteiger partial charge in [0.05, 0.1) is 13.2 Å². The Hall–Kier alpha value is -3.17. The maximum absolute atomic E-state index is 13.1. The molecule has 1 unspecified atom stereocenters. The highest BCUT2D eigenvalue weighted by atomic mass is 19.1. The van der Waals surface area contributed by atoms with Crippen LogP contribution >= 0.6 is 0 Å². The van der Waals surface area contributed by atoms with Crippen LogP contribution < -0.4 is 9.64 Å². The average molecular weight is 475 g/mol. The first-order chi connectivity index (χ1) is 16.3. The summed E-state index contributed by atoms with van der Waals surface area (Å²) < 4.78 is 18.5. The predicted octanol–water partition coefficient (Wildman–Crippen LogP) is 2.94. The lowest BCUT2D eigenvalue weighted by atomic mass is 9.95. The highest BCUT2D eigenvalue weighted by molar-refractivity contribution is 6.27. The zero-order chi connectivity index (χ0) is 24.7. The van der Waals surface area contributed by atoms with E-state index in [1.165, 1.54) is 29.8 Å². The van der Waals surface area contributed by atoms with Gasteiger partial charge in [0.1, 0.15) is 11.6 Å². The third-order valence-electron chi connectivity index (χ3n) is 6.31. The molecule has 0 saturated carbocycles. The highest BCUT2D eigenvalue weighted by Crippen LogP contribution is 2.34. The highest BCUT2D eigenvalue weighted by Gasteiger charge is 2.29. The molecule has 0 aromatic heterocycles. The lowest BCUT2D eigenvalue weighted by Gasteiger charge is -2.42. The molecule has 0 bridgehead atoms. The van der Waals surface area contributed by atoms with Gasteiger partial charge in [-0.05, 0) is 55.0 Å². The first-order valence-corrected chi connectivity index (χ1v) is 11.3. The number of aliphatic carboxylic acids is 2. The first-order valence-electron chi connectivity index (χ1n) is 11.3. The summed E-state index contributed by atoms with van der Waals surface area (Å²) in [5.74, 6) is -2.99. The Morgan fingerprint density at radius 3 is 2.29 bits per heavy atom. The Bertz CT molecular complexity index is 964. The second-order valence-corrected chi connectivity index (χ2v) is 8.50. The third kappa shape index (κ3) is 6.68. The monoisotopic (exact) mass is 474 g/mol. The maximum Gasteiger partial charge on any atom is 0.414 e. The van der Waals surface area contributed by atoms with Gasteiger partial charge >= 0.3 is 11.9 Å². The number of halogens is 1. The summed E-state index contributed by atoms with van der Waals surface area (Å²) in [6.07, 6.45) is 3.94. The standard InChI is InChI=1S/C23H29FN2O2.C2H2O4/c1-28-21-9-6-17-3-2-12-26(22(17)15-21)20-10-13-25(14-11-20)16-23(27)18-4-7-19(24)8-5-18;3-1(4)2(5)6/h4-9,15,20,23,27H,2-3,10-14,16H2,1H3;(H,3,4)(H,5,6). The molecule has 0 spiro atoms. The number of hydrogen-bond donors (Lipinski definition) is 3. The number of carboxylic acid groups (broad SMARTS) is 2. The maximum atomic E-state index is 13.1. The fourth-order valence-corrected chi connectivity index (χ4v) is 4.54. The van der Waals surface area contributed by atoms with Crippen molar-refractivity contribution in [1.29, 1.82) is 0 Å². The van der Waals surface area contributed by atoms with E-state index >= 15 is 0 Å². The number of methoxy groups -OCH3 is 1. The Kier molecular flexibility index (Phi) is 8.84. The van der Waals surface area contributed by atoms with Gasteiger partial charge in [-0.25, -0.2) is 14.0 Å². The Morgan fingerprint density at radius 1 is 1.06 bits per heavy atom. The molecule has 4 rings (SSSR count). The van der Waals surface area contributed by atoms with Gasteiger partial charge in [-0.15, -0.1) is 0 Å². The largest absolute Gasteiger partial charge is 0.497 e. The van der Waals surface area contributed by atoms with E-state index in [2.05, 4.69) is 28.0 Å². The minimum Gasteiger partial charge on any atom is -0.497 e. The number of aliphatic hydroxyl groups is 1. The Morgan fingerprint density at radius 2 is 1.71 bits per heavy atom. The average Bonchev–Trinajstić information content (AvgIpc) is 2.84. The van der Waals surface area contributed by atoms with Gasteiger partial charge in [0.25, 0.3) is 0 Å². The van der Waals surface area contributed by atoms with Crippen LogP contribution in [-0.4, -0.2) is 71.5 Å². The lowest BCUT2D eigenvalue weighted by molar-refractivity contribution is -0.159. The van der Waals surface area contributed by atoms with Crippen LogP contribution in [0.4, 0.5) is 10.1 Å². The molecule has 8 nitrogen and oxygen atoms in total. The molecule has 0 radical (unpaired) electrons. The molecular weight excluding hydrogens is 443 g/mol. The van der Waals surface area contributed by atoms with E-state index in [9.17, 15) is 9.50 Å². The number of carboxylic acids is 2.